The van der Waals surface area contributed by atoms with Gasteiger partial charge in [0.2, 0.25) is 11.8 Å². The number of nitrogens with one attached hydrogen (secondary N) is 4. The van der Waals surface area contributed by atoms with Crippen LogP contribution in [-0.4, -0.2) is 119 Å². The predicted molar refractivity (Wildman–Crippen MR) is 275 cm³/mol. The number of carbonyl (C=O) groups excluding carboxylic acids is 8. The number of aryl methyl sites for hydroxylation is 1. The van der Waals surface area contributed by atoms with Gasteiger partial charge in [-0.05, 0) is 67.2 Å². The highest BCUT2D eigenvalue weighted by atomic mass is 16.5. The van der Waals surface area contributed by atoms with Gasteiger partial charge in [-0.3, -0.25) is 43.4 Å². The van der Waals surface area contributed by atoms with Gasteiger partial charge in [0, 0.05) is 69.4 Å². The topological polar surface area (TPSA) is 300 Å². The van der Waals surface area contributed by atoms with E-state index in [2.05, 4.69) is 41.1 Å². The standard InChI is InChI=1S/C53H65N11O10/c1-34(2)48(62-44(66)10-4-3-5-25-64-45(67)20-21-46(64)68)51(70)60-39(9-7-23-57-53(55)72)43(65)30-36-12-14-37(15-13-36)33-74-47(69)11-6-8-35-16-18-38(19-17-35)40-32-58-50(54)49(59-40)52(71)61-41-31-56-24-22-42(41)63-26-28-73-29-27-63/h12-22,24,31-32,34,39,48H,3-11,23,25-30,33H2,1-2H3,(H2,54,58)(H,60,70)(H,61,71)(H,62,66)(H3,55,57,72)/t39-,48-/m0/s1. The average Bonchev–Trinajstić information content (AvgIpc) is 3.71. The van der Waals surface area contributed by atoms with Crippen molar-refractivity contribution in [2.24, 2.45) is 11.7 Å². The number of aromatic nitrogens is 3. The number of anilines is 3. The highest BCUT2D eigenvalue weighted by Gasteiger charge is 2.29. The lowest BCUT2D eigenvalue weighted by Gasteiger charge is -2.30. The molecule has 6 rings (SSSR count). The van der Waals surface area contributed by atoms with Crippen LogP contribution in [0.15, 0.2) is 85.3 Å². The van der Waals surface area contributed by atoms with Crippen molar-refractivity contribution in [1.82, 2.24) is 35.8 Å². The second-order valence-corrected chi connectivity index (χ2v) is 18.4. The predicted octanol–water partition coefficient (Wildman–Crippen LogP) is 3.95. The van der Waals surface area contributed by atoms with E-state index in [9.17, 15) is 38.4 Å². The van der Waals surface area contributed by atoms with Gasteiger partial charge in [0.1, 0.15) is 12.6 Å². The number of primary amides is 1. The molecule has 74 heavy (non-hydrogen) atoms. The van der Waals surface area contributed by atoms with E-state index in [4.69, 9.17) is 20.9 Å². The Balaban J connectivity index is 0.932. The smallest absolute Gasteiger partial charge is 0.312 e. The highest BCUT2D eigenvalue weighted by molar-refractivity contribution is 6.13. The molecule has 0 aliphatic carbocycles. The molecule has 2 aliphatic rings. The van der Waals surface area contributed by atoms with E-state index in [1.807, 2.05) is 30.3 Å². The highest BCUT2D eigenvalue weighted by Crippen LogP contribution is 2.27. The van der Waals surface area contributed by atoms with Crippen LogP contribution in [0.4, 0.5) is 22.0 Å². The number of esters is 1. The molecule has 4 aromatic rings. The lowest BCUT2D eigenvalue weighted by atomic mass is 9.97. The van der Waals surface area contributed by atoms with Crippen LogP contribution in [0.3, 0.4) is 0 Å². The van der Waals surface area contributed by atoms with E-state index in [0.29, 0.717) is 81.8 Å². The maximum Gasteiger partial charge on any atom is 0.312 e. The summed E-state index contributed by atoms with van der Waals surface area (Å²) in [5, 5.41) is 11.0. The first-order chi connectivity index (χ1) is 35.6. The molecule has 2 aromatic heterocycles. The molecule has 2 atom stereocenters. The summed E-state index contributed by atoms with van der Waals surface area (Å²) in [5.41, 5.74) is 16.2. The molecule has 8 N–H and O–H groups in total. The maximum atomic E-state index is 13.7. The van der Waals surface area contributed by atoms with Crippen LogP contribution in [0.25, 0.3) is 11.3 Å². The number of ether oxygens (including phenoxy) is 2. The second kappa shape index (κ2) is 27.7. The molecule has 0 bridgehead atoms. The van der Waals surface area contributed by atoms with Crippen LogP contribution < -0.4 is 37.6 Å². The molecular weight excluding hydrogens is 951 g/mol. The molecule has 21 nitrogen and oxygen atoms in total. The number of rotatable bonds is 27. The minimum Gasteiger partial charge on any atom is -0.461 e. The second-order valence-electron chi connectivity index (χ2n) is 18.4. The van der Waals surface area contributed by atoms with Crippen LogP contribution in [0.5, 0.6) is 0 Å². The van der Waals surface area contributed by atoms with E-state index in [-0.39, 0.29) is 92.3 Å². The number of urea groups is 1. The van der Waals surface area contributed by atoms with Crippen LogP contribution in [0.1, 0.15) is 92.4 Å². The van der Waals surface area contributed by atoms with E-state index >= 15 is 0 Å². The lowest BCUT2D eigenvalue weighted by molar-refractivity contribution is -0.145. The molecule has 1 fully saturated rings. The number of hydrogen-bond acceptors (Lipinski definition) is 15. The molecule has 4 heterocycles. The summed E-state index contributed by atoms with van der Waals surface area (Å²) in [4.78, 5) is 117. The minimum absolute atomic E-state index is 0.00880. The number of morpholine rings is 1. The average molecular weight is 1020 g/mol. The van der Waals surface area contributed by atoms with Crippen LogP contribution in [0.2, 0.25) is 0 Å². The Morgan fingerprint density at radius 3 is 2.22 bits per heavy atom. The van der Waals surface area contributed by atoms with Crippen molar-refractivity contribution < 1.29 is 47.8 Å². The number of nitrogens with zero attached hydrogens (tertiary/aromatic N) is 5. The molecule has 0 saturated carbocycles. The zero-order chi connectivity index (χ0) is 53.0. The summed E-state index contributed by atoms with van der Waals surface area (Å²) < 4.78 is 11.0. The molecule has 0 unspecified atom stereocenters. The fourth-order valence-corrected chi connectivity index (χ4v) is 8.30. The van der Waals surface area contributed by atoms with E-state index in [0.717, 1.165) is 27.3 Å². The van der Waals surface area contributed by atoms with Gasteiger partial charge in [-0.15, -0.1) is 0 Å². The van der Waals surface area contributed by atoms with Gasteiger partial charge in [-0.2, -0.15) is 0 Å². The number of benzene rings is 2. The lowest BCUT2D eigenvalue weighted by Crippen LogP contribution is -2.54. The van der Waals surface area contributed by atoms with Gasteiger partial charge < -0.3 is 47.1 Å². The summed E-state index contributed by atoms with van der Waals surface area (Å²) in [6, 6.07) is 13.9. The van der Waals surface area contributed by atoms with Gasteiger partial charge in [0.15, 0.2) is 17.3 Å². The molecule has 0 radical (unpaired) electrons. The molecule has 0 spiro atoms. The molecule has 392 valence electrons. The number of unbranched alkanes of at least 4 members (excludes halogenated alkanes) is 2. The Labute approximate surface area is 429 Å². The Bertz CT molecular complexity index is 2640. The first-order valence-corrected chi connectivity index (χ1v) is 24.9. The molecule has 2 aromatic carbocycles. The van der Waals surface area contributed by atoms with Crippen LogP contribution >= 0.6 is 0 Å². The van der Waals surface area contributed by atoms with Gasteiger partial charge in [0.05, 0.1) is 48.7 Å². The third kappa shape index (κ3) is 16.8. The first kappa shape index (κ1) is 55.2. The minimum atomic E-state index is -0.931. The number of ketones is 1. The maximum absolute atomic E-state index is 13.7. The normalized spacial score (nSPS) is 14.1. The SMILES string of the molecule is CC(C)[C@H](NC(=O)CCCCCN1C(=O)C=CC1=O)C(=O)N[C@@H](CCCNC(N)=O)C(=O)Cc1ccc(COC(=O)CCCc2ccc(-c3cnc(N)c(C(=O)Nc4cnccc4N4CCOCC4)n3)cc2)cc1. The van der Waals surface area contributed by atoms with Gasteiger partial charge >= 0.3 is 12.0 Å². The molecule has 7 amide bonds. The molecule has 2 aliphatic heterocycles. The molecular formula is C53H65N11O10. The zero-order valence-corrected chi connectivity index (χ0v) is 41.8. The number of nitrogen functional groups attached to an aromatic ring is 1. The van der Waals surface area contributed by atoms with Crippen molar-refractivity contribution in [2.45, 2.75) is 96.7 Å². The van der Waals surface area contributed by atoms with Crippen molar-refractivity contribution in [3.8, 4) is 11.3 Å². The third-order valence-corrected chi connectivity index (χ3v) is 12.4. The van der Waals surface area contributed by atoms with Gasteiger partial charge in [-0.25, -0.2) is 14.8 Å². The Hall–Kier alpha value is -8.07. The van der Waals surface area contributed by atoms with Crippen LogP contribution in [-0.2, 0) is 57.7 Å². The Kier molecular flexibility index (Phi) is 20.7. The van der Waals surface area contributed by atoms with Crippen LogP contribution in [0, 0.1) is 5.92 Å². The first-order valence-electron chi connectivity index (χ1n) is 24.9. The number of carbonyl (C=O) groups is 8. The molecule has 1 saturated heterocycles. The zero-order valence-electron chi connectivity index (χ0n) is 41.8. The fourth-order valence-electron chi connectivity index (χ4n) is 8.30. The number of Topliss-reactive ketones (excluding diaryl/α,β-unsaturated/α-hetero) is 1. The van der Waals surface area contributed by atoms with Crippen molar-refractivity contribution in [2.75, 3.05) is 55.3 Å². The largest absolute Gasteiger partial charge is 0.461 e. The van der Waals surface area contributed by atoms with E-state index in [1.165, 1.54) is 18.3 Å². The Morgan fingerprint density at radius 1 is 0.811 bits per heavy atom. The van der Waals surface area contributed by atoms with E-state index < -0.39 is 29.9 Å². The number of imide groups is 1. The van der Waals surface area contributed by atoms with Gasteiger partial charge in [-0.1, -0.05) is 68.8 Å². The number of pyridine rings is 1. The van der Waals surface area contributed by atoms with Crippen molar-refractivity contribution in [1.29, 1.82) is 0 Å². The quantitative estimate of drug-likeness (QED) is 0.0280. The van der Waals surface area contributed by atoms with Crippen molar-refractivity contribution in [3.05, 3.63) is 108 Å². The molecule has 21 heteroatoms. The summed E-state index contributed by atoms with van der Waals surface area (Å²) >= 11 is 0. The third-order valence-electron chi connectivity index (χ3n) is 12.4. The van der Waals surface area contributed by atoms with Gasteiger partial charge in [0.25, 0.3) is 17.7 Å². The summed E-state index contributed by atoms with van der Waals surface area (Å²) in [7, 11) is 0. The number of amides is 7. The van der Waals surface area contributed by atoms with Crippen molar-refractivity contribution >= 4 is 64.5 Å². The monoisotopic (exact) mass is 1020 g/mol. The summed E-state index contributed by atoms with van der Waals surface area (Å²) in [6.07, 6.45) is 10.8. The number of hydrogen-bond donors (Lipinski definition) is 6. The number of nitrogens with two attached hydrogens (primary N) is 2. The van der Waals surface area contributed by atoms with Crippen molar-refractivity contribution in [3.63, 3.8) is 0 Å². The summed E-state index contributed by atoms with van der Waals surface area (Å²) in [6.45, 7) is 6.58. The van der Waals surface area contributed by atoms with E-state index in [1.54, 1.807) is 50.5 Å². The fraction of sp³-hybridized carbons (Fsp3) is 0.415. The summed E-state index contributed by atoms with van der Waals surface area (Å²) in [5.74, 6) is -3.04. The Morgan fingerprint density at radius 2 is 1.51 bits per heavy atom.